The quantitative estimate of drug-likeness (QED) is 0.0427. The summed E-state index contributed by atoms with van der Waals surface area (Å²) in [6, 6.07) is 0. The molecule has 0 aliphatic carbocycles. The second-order valence-corrected chi connectivity index (χ2v) is 21.5. The lowest BCUT2D eigenvalue weighted by molar-refractivity contribution is -0.385. The number of aliphatic hydroxyl groups excluding tert-OH is 21. The average Bonchev–Trinajstić information content (AvgIpc) is 4.29. The highest BCUT2D eigenvalue weighted by atomic mass is 16.8. The highest BCUT2D eigenvalue weighted by Crippen LogP contribution is 2.37. The predicted molar refractivity (Wildman–Crippen MR) is 256 cm³/mol. The normalized spacial score (nSPS) is 52.5. The zero-order chi connectivity index (χ0) is 62.0. The zero-order valence-electron chi connectivity index (χ0n) is 45.4. The fourth-order valence-electron chi connectivity index (χ4n) is 10.9. The minimum atomic E-state index is -2.25. The van der Waals surface area contributed by atoms with Gasteiger partial charge in [-0.3, -0.25) is 0 Å². The van der Waals surface area contributed by atoms with Gasteiger partial charge in [-0.2, -0.15) is 0 Å². The van der Waals surface area contributed by atoms with Crippen molar-refractivity contribution in [2.45, 2.75) is 227 Å². The Morgan fingerprint density at radius 1 is 0.224 bits per heavy atom. The van der Waals surface area contributed by atoms with Crippen molar-refractivity contribution in [3.05, 3.63) is 0 Å². The van der Waals surface area contributed by atoms with Crippen LogP contribution in [0.4, 0.5) is 0 Å². The molecule has 85 heavy (non-hydrogen) atoms. The van der Waals surface area contributed by atoms with Crippen molar-refractivity contribution >= 4 is 0 Å². The maximum atomic E-state index is 12.0. The van der Waals surface area contributed by atoms with Crippen LogP contribution in [-0.2, 0) is 80.5 Å². The minimum Gasteiger partial charge on any atom is -0.394 e. The van der Waals surface area contributed by atoms with E-state index in [-0.39, 0.29) is 0 Å². The molecule has 496 valence electrons. The molecule has 0 aromatic rings. The van der Waals surface area contributed by atoms with Crippen LogP contribution in [0.15, 0.2) is 0 Å². The summed E-state index contributed by atoms with van der Waals surface area (Å²) < 4.78 is 95.7. The first kappa shape index (κ1) is 69.4. The van der Waals surface area contributed by atoms with Gasteiger partial charge in [0.25, 0.3) is 0 Å². The number of hydrogen-bond donors (Lipinski definition) is 21. The Morgan fingerprint density at radius 3 is 0.882 bits per heavy atom. The molecule has 38 heteroatoms. The average molecular weight is 1250 g/mol. The Hall–Kier alpha value is -1.52. The smallest absolute Gasteiger partial charge is 0.187 e. The Labute approximate surface area is 481 Å². The standard InChI is InChI=1S/C47H80O38/c1-69-37-23(56)16(8-73-43-31(64)27(60)22(55)15(80-43)7-71-42-30(63)26(59)19(52)11(3-48)75-42)81-46(33(37)66)85-39-25(58)18(10-72-41-28(61)20(53)12(4-49)76-41)82-47(35(39)68)84-38-24(57)17(79-40(70-2)34(38)67)9-74-44-32(65)36(14(6-51)78-44)83-45-29(62)21(54)13(5-50)77-45/h11-68H,3-10H2,1-2H3/t11?,12-,13-,14-,15?,16?,17?,18?,19+,20-,21-,22+,23+,24+,25+,26-,27-,28?,29?,30?,31?,32?,33?,34?,35?,36-,37-,38-,39-,40-,41+,42-,43-,44+,45+,46+,47+/m1/s1. The largest absolute Gasteiger partial charge is 0.394 e. The third-order valence-electron chi connectivity index (χ3n) is 16.0. The molecule has 8 saturated heterocycles. The molecule has 0 aromatic carbocycles. The molecular weight excluding hydrogens is 1170 g/mol. The number of methoxy groups -OCH3 is 2. The molecule has 13 unspecified atom stereocenters. The summed E-state index contributed by atoms with van der Waals surface area (Å²) in [4.78, 5) is 0. The monoisotopic (exact) mass is 1250 g/mol. The molecule has 8 fully saturated rings. The van der Waals surface area contributed by atoms with Crippen molar-refractivity contribution in [3.8, 4) is 0 Å². The van der Waals surface area contributed by atoms with Crippen LogP contribution in [0, 0.1) is 0 Å². The van der Waals surface area contributed by atoms with Gasteiger partial charge in [0, 0.05) is 14.2 Å². The molecule has 8 heterocycles. The minimum absolute atomic E-state index is 0.698. The van der Waals surface area contributed by atoms with E-state index in [2.05, 4.69) is 0 Å². The Balaban J connectivity index is 0.960. The fourth-order valence-corrected chi connectivity index (χ4v) is 10.9. The summed E-state index contributed by atoms with van der Waals surface area (Å²) >= 11 is 0. The van der Waals surface area contributed by atoms with Crippen molar-refractivity contribution in [3.63, 3.8) is 0 Å². The van der Waals surface area contributed by atoms with Gasteiger partial charge < -0.3 is 188 Å². The van der Waals surface area contributed by atoms with Crippen molar-refractivity contribution < 1.29 is 188 Å². The summed E-state index contributed by atoms with van der Waals surface area (Å²) in [5, 5.41) is 224. The van der Waals surface area contributed by atoms with Crippen molar-refractivity contribution in [2.75, 3.05) is 67.1 Å². The van der Waals surface area contributed by atoms with E-state index >= 15 is 0 Å². The molecule has 21 N–H and O–H groups in total. The molecule has 8 aliphatic rings. The van der Waals surface area contributed by atoms with Gasteiger partial charge in [-0.25, -0.2) is 0 Å². The van der Waals surface area contributed by atoms with Gasteiger partial charge in [0.15, 0.2) is 50.3 Å². The lowest BCUT2D eigenvalue weighted by Crippen LogP contribution is -2.67. The summed E-state index contributed by atoms with van der Waals surface area (Å²) in [7, 11) is 2.15. The number of aliphatic hydroxyl groups is 21. The van der Waals surface area contributed by atoms with Gasteiger partial charge in [0.1, 0.15) is 177 Å². The number of hydrogen-bond acceptors (Lipinski definition) is 38. The summed E-state index contributed by atoms with van der Waals surface area (Å²) in [5.74, 6) is 0. The van der Waals surface area contributed by atoms with Gasteiger partial charge in [0.05, 0.1) is 52.9 Å². The molecule has 8 rings (SSSR count). The molecule has 0 amide bonds. The molecule has 0 aromatic heterocycles. The van der Waals surface area contributed by atoms with Crippen LogP contribution in [0.5, 0.6) is 0 Å². The SMILES string of the molecule is CO[C@@H]1OC(CO[C@H]2O[C@H](CO)[C@@H](O[C@@H]3O[C@H](CO)[C@@H](O)C3O)C2O)[C@H](O)[C@@H](O[C@@H]2OC(CO[C@H]3O[C@H](CO)[C@@H](O)C3O)[C@H](O)[C@@H](O[C@@H]3OC(CO[C@@H]4OC(CO[C@@H]5OC(CO)[C@H](O)[C@@H](O)C5O)[C@H](O)[C@@H](O)C4O)[C@H](O)[C@@H](OC)C3O)C2O)C1O. The summed E-state index contributed by atoms with van der Waals surface area (Å²) in [5.41, 5.74) is 0. The van der Waals surface area contributed by atoms with E-state index < -0.39 is 280 Å². The Kier molecular flexibility index (Phi) is 24.7. The maximum Gasteiger partial charge on any atom is 0.187 e. The summed E-state index contributed by atoms with van der Waals surface area (Å²) in [6.45, 7) is -6.15. The topological polar surface area (TPSA) is 582 Å². The fraction of sp³-hybridized carbons (Fsp3) is 1.00. The Morgan fingerprint density at radius 2 is 0.471 bits per heavy atom. The van der Waals surface area contributed by atoms with Gasteiger partial charge in [-0.1, -0.05) is 0 Å². The van der Waals surface area contributed by atoms with E-state index in [1.165, 1.54) is 0 Å². The van der Waals surface area contributed by atoms with E-state index in [1.54, 1.807) is 0 Å². The maximum absolute atomic E-state index is 12.0. The molecule has 0 bridgehead atoms. The van der Waals surface area contributed by atoms with Crippen LogP contribution in [-0.4, -0.2) is 402 Å². The van der Waals surface area contributed by atoms with Crippen LogP contribution in [0.1, 0.15) is 0 Å². The Bertz CT molecular complexity index is 2010. The van der Waals surface area contributed by atoms with Gasteiger partial charge >= 0.3 is 0 Å². The van der Waals surface area contributed by atoms with Crippen molar-refractivity contribution in [1.29, 1.82) is 0 Å². The zero-order valence-corrected chi connectivity index (χ0v) is 45.4. The molecular formula is C47H80O38. The lowest BCUT2D eigenvalue weighted by atomic mass is 9.95. The second-order valence-electron chi connectivity index (χ2n) is 21.5. The summed E-state index contributed by atoms with van der Waals surface area (Å²) in [6.07, 6.45) is -65.2. The van der Waals surface area contributed by atoms with Crippen molar-refractivity contribution in [2.24, 2.45) is 0 Å². The number of ether oxygens (including phenoxy) is 17. The lowest BCUT2D eigenvalue weighted by Gasteiger charge is -2.49. The molecule has 0 radical (unpaired) electrons. The van der Waals surface area contributed by atoms with Gasteiger partial charge in [0.2, 0.25) is 0 Å². The van der Waals surface area contributed by atoms with E-state index in [1.807, 2.05) is 0 Å². The van der Waals surface area contributed by atoms with Crippen molar-refractivity contribution in [1.82, 2.24) is 0 Å². The molecule has 0 saturated carbocycles. The van der Waals surface area contributed by atoms with Crippen LogP contribution in [0.25, 0.3) is 0 Å². The first-order chi connectivity index (χ1) is 40.4. The molecule has 38 nitrogen and oxygen atoms in total. The van der Waals surface area contributed by atoms with E-state index in [0.29, 0.717) is 0 Å². The highest BCUT2D eigenvalue weighted by molar-refractivity contribution is 5.00. The van der Waals surface area contributed by atoms with Crippen LogP contribution >= 0.6 is 0 Å². The van der Waals surface area contributed by atoms with Crippen LogP contribution < -0.4 is 0 Å². The molecule has 8 aliphatic heterocycles. The molecule has 37 atom stereocenters. The van der Waals surface area contributed by atoms with E-state index in [0.717, 1.165) is 14.2 Å². The number of rotatable bonds is 24. The van der Waals surface area contributed by atoms with Crippen LogP contribution in [0.3, 0.4) is 0 Å². The highest BCUT2D eigenvalue weighted by Gasteiger charge is 2.57. The molecule has 0 spiro atoms. The third kappa shape index (κ3) is 14.7. The van der Waals surface area contributed by atoms with Crippen LogP contribution in [0.2, 0.25) is 0 Å². The van der Waals surface area contributed by atoms with E-state index in [4.69, 9.17) is 80.5 Å². The van der Waals surface area contributed by atoms with Gasteiger partial charge in [-0.05, 0) is 0 Å². The first-order valence-electron chi connectivity index (χ1n) is 27.2. The third-order valence-corrected chi connectivity index (χ3v) is 16.0. The second kappa shape index (κ2) is 30.3. The first-order valence-corrected chi connectivity index (χ1v) is 27.2. The van der Waals surface area contributed by atoms with E-state index in [9.17, 15) is 107 Å². The predicted octanol–water partition coefficient (Wildman–Crippen LogP) is -15.2. The van der Waals surface area contributed by atoms with Gasteiger partial charge in [-0.15, -0.1) is 0 Å².